The average molecular weight is 281 g/mol. The highest BCUT2D eigenvalue weighted by Gasteiger charge is 2.16. The predicted molar refractivity (Wildman–Crippen MR) is 76.8 cm³/mol. The fourth-order valence-electron chi connectivity index (χ4n) is 1.64. The second-order valence-electron chi connectivity index (χ2n) is 5.51. The van der Waals surface area contributed by atoms with Crippen LogP contribution in [0.4, 0.5) is 4.79 Å². The highest BCUT2D eigenvalue weighted by molar-refractivity contribution is 5.67. The molecule has 112 valence electrons. The number of carbonyl (C=O) groups is 1. The largest absolute Gasteiger partial charge is 0.497 e. The van der Waals surface area contributed by atoms with Gasteiger partial charge in [0.1, 0.15) is 11.4 Å². The van der Waals surface area contributed by atoms with Crippen molar-refractivity contribution in [1.82, 2.24) is 5.32 Å². The fourth-order valence-corrected chi connectivity index (χ4v) is 1.64. The minimum absolute atomic E-state index is 0.341. The lowest BCUT2D eigenvalue weighted by Gasteiger charge is -2.20. The first-order chi connectivity index (χ1) is 9.31. The van der Waals surface area contributed by atoms with Crippen molar-refractivity contribution in [2.75, 3.05) is 13.7 Å². The van der Waals surface area contributed by atoms with Crippen molar-refractivity contribution in [2.45, 2.75) is 38.9 Å². The number of nitrogens with one attached hydrogen (secondary N) is 1. The van der Waals surface area contributed by atoms with Crippen molar-refractivity contribution in [3.63, 3.8) is 0 Å². The first-order valence-electron chi connectivity index (χ1n) is 6.60. The molecule has 5 heteroatoms. The molecule has 0 heterocycles. The van der Waals surface area contributed by atoms with Crippen LogP contribution in [0, 0.1) is 0 Å². The van der Waals surface area contributed by atoms with Gasteiger partial charge in [-0.1, -0.05) is 12.1 Å². The molecule has 1 aromatic carbocycles. The van der Waals surface area contributed by atoms with Gasteiger partial charge in [-0.25, -0.2) is 4.79 Å². The summed E-state index contributed by atoms with van der Waals surface area (Å²) >= 11 is 0. The quantitative estimate of drug-likeness (QED) is 0.870. The Kier molecular flexibility index (Phi) is 5.82. The van der Waals surface area contributed by atoms with E-state index in [1.165, 1.54) is 0 Å². The monoisotopic (exact) mass is 281 g/mol. The van der Waals surface area contributed by atoms with Gasteiger partial charge in [0.25, 0.3) is 0 Å². The third-order valence-corrected chi connectivity index (χ3v) is 2.56. The van der Waals surface area contributed by atoms with Crippen LogP contribution in [-0.4, -0.2) is 30.5 Å². The molecule has 0 aromatic heterocycles. The molecule has 0 unspecified atom stereocenters. The third-order valence-electron chi connectivity index (χ3n) is 2.56. The molecule has 20 heavy (non-hydrogen) atoms. The Morgan fingerprint density at radius 1 is 1.40 bits per heavy atom. The van der Waals surface area contributed by atoms with Gasteiger partial charge < -0.3 is 19.9 Å². The minimum atomic E-state index is -0.653. The Morgan fingerprint density at radius 2 is 2.10 bits per heavy atom. The molecule has 0 aliphatic rings. The Balaban J connectivity index is 2.39. The Labute approximate surface area is 119 Å². The number of amides is 1. The number of aliphatic hydroxyl groups excluding tert-OH is 1. The lowest BCUT2D eigenvalue weighted by atomic mass is 10.1. The van der Waals surface area contributed by atoms with Crippen LogP contribution in [0.3, 0.4) is 0 Å². The van der Waals surface area contributed by atoms with Gasteiger partial charge in [0.2, 0.25) is 0 Å². The zero-order valence-electron chi connectivity index (χ0n) is 12.5. The average Bonchev–Trinajstić information content (AvgIpc) is 2.36. The third kappa shape index (κ3) is 5.93. The summed E-state index contributed by atoms with van der Waals surface area (Å²) in [6.07, 6.45) is -0.720. The summed E-state index contributed by atoms with van der Waals surface area (Å²) in [6.45, 7) is 5.75. The summed E-state index contributed by atoms with van der Waals surface area (Å²) in [5, 5.41) is 12.7. The second-order valence-corrected chi connectivity index (χ2v) is 5.51. The first kappa shape index (κ1) is 16.3. The molecule has 2 N–H and O–H groups in total. The summed E-state index contributed by atoms with van der Waals surface area (Å²) in [6, 6.07) is 7.23. The van der Waals surface area contributed by atoms with Crippen LogP contribution in [-0.2, 0) is 4.74 Å². The second kappa shape index (κ2) is 7.14. The van der Waals surface area contributed by atoms with E-state index in [0.29, 0.717) is 18.7 Å². The molecule has 0 saturated carbocycles. The molecule has 1 amide bonds. The van der Waals surface area contributed by atoms with Gasteiger partial charge in [-0.05, 0) is 44.9 Å². The molecule has 0 fully saturated rings. The molecule has 0 aliphatic carbocycles. The van der Waals surface area contributed by atoms with Gasteiger partial charge in [0.15, 0.2) is 0 Å². The molecule has 0 radical (unpaired) electrons. The number of benzene rings is 1. The molecule has 5 nitrogen and oxygen atoms in total. The smallest absolute Gasteiger partial charge is 0.407 e. The number of hydrogen-bond donors (Lipinski definition) is 2. The van der Waals surface area contributed by atoms with E-state index in [4.69, 9.17) is 9.47 Å². The van der Waals surface area contributed by atoms with Crippen LogP contribution in [0.1, 0.15) is 38.9 Å². The zero-order chi connectivity index (χ0) is 15.2. The van der Waals surface area contributed by atoms with E-state index in [-0.39, 0.29) is 0 Å². The van der Waals surface area contributed by atoms with E-state index >= 15 is 0 Å². The maximum Gasteiger partial charge on any atom is 0.407 e. The maximum absolute atomic E-state index is 11.4. The van der Waals surface area contributed by atoms with Crippen molar-refractivity contribution in [3.8, 4) is 5.75 Å². The molecule has 1 atom stereocenters. The number of aliphatic hydroxyl groups is 1. The number of methoxy groups -OCH3 is 1. The molecule has 1 aromatic rings. The van der Waals surface area contributed by atoms with E-state index in [2.05, 4.69) is 5.32 Å². The van der Waals surface area contributed by atoms with E-state index in [0.717, 1.165) is 5.56 Å². The highest BCUT2D eigenvalue weighted by Crippen LogP contribution is 2.21. The highest BCUT2D eigenvalue weighted by atomic mass is 16.6. The Morgan fingerprint density at radius 3 is 2.70 bits per heavy atom. The normalized spacial score (nSPS) is 12.7. The SMILES string of the molecule is COc1cccc([C@@H](O)CCNC(=O)OC(C)(C)C)c1. The number of alkyl carbamates (subject to hydrolysis) is 1. The first-order valence-corrected chi connectivity index (χ1v) is 6.60. The summed E-state index contributed by atoms with van der Waals surface area (Å²) in [4.78, 5) is 11.4. The molecule has 0 aliphatic heterocycles. The fraction of sp³-hybridized carbons (Fsp3) is 0.533. The molecule has 0 saturated heterocycles. The van der Waals surface area contributed by atoms with E-state index in [1.807, 2.05) is 18.2 Å². The van der Waals surface area contributed by atoms with Gasteiger partial charge in [-0.3, -0.25) is 0 Å². The summed E-state index contributed by atoms with van der Waals surface area (Å²) < 4.78 is 10.2. The molecular formula is C15H23NO4. The van der Waals surface area contributed by atoms with Gasteiger partial charge in [0, 0.05) is 6.54 Å². The van der Waals surface area contributed by atoms with E-state index in [9.17, 15) is 9.90 Å². The van der Waals surface area contributed by atoms with Gasteiger partial charge in [-0.15, -0.1) is 0 Å². The van der Waals surface area contributed by atoms with Crippen molar-refractivity contribution in [2.24, 2.45) is 0 Å². The van der Waals surface area contributed by atoms with Crippen molar-refractivity contribution < 1.29 is 19.4 Å². The molecule has 0 spiro atoms. The zero-order valence-corrected chi connectivity index (χ0v) is 12.5. The maximum atomic E-state index is 11.4. The summed E-state index contributed by atoms with van der Waals surface area (Å²) in [7, 11) is 1.58. The number of ether oxygens (including phenoxy) is 2. The van der Waals surface area contributed by atoms with Crippen molar-refractivity contribution >= 4 is 6.09 Å². The van der Waals surface area contributed by atoms with Gasteiger partial charge in [-0.2, -0.15) is 0 Å². The van der Waals surface area contributed by atoms with Crippen LogP contribution in [0.5, 0.6) is 5.75 Å². The molecule has 0 bridgehead atoms. The van der Waals surface area contributed by atoms with Crippen LogP contribution in [0.25, 0.3) is 0 Å². The van der Waals surface area contributed by atoms with E-state index in [1.54, 1.807) is 33.9 Å². The van der Waals surface area contributed by atoms with Gasteiger partial charge in [0.05, 0.1) is 13.2 Å². The number of carbonyl (C=O) groups excluding carboxylic acids is 1. The summed E-state index contributed by atoms with van der Waals surface area (Å²) in [5.74, 6) is 0.696. The van der Waals surface area contributed by atoms with Gasteiger partial charge >= 0.3 is 6.09 Å². The van der Waals surface area contributed by atoms with Crippen LogP contribution < -0.4 is 10.1 Å². The lowest BCUT2D eigenvalue weighted by molar-refractivity contribution is 0.0518. The van der Waals surface area contributed by atoms with Crippen LogP contribution >= 0.6 is 0 Å². The topological polar surface area (TPSA) is 67.8 Å². The van der Waals surface area contributed by atoms with Crippen LogP contribution in [0.2, 0.25) is 0 Å². The van der Waals surface area contributed by atoms with E-state index < -0.39 is 17.8 Å². The lowest BCUT2D eigenvalue weighted by Crippen LogP contribution is -2.33. The Hall–Kier alpha value is -1.75. The number of hydrogen-bond acceptors (Lipinski definition) is 4. The predicted octanol–water partition coefficient (Wildman–Crippen LogP) is 2.64. The minimum Gasteiger partial charge on any atom is -0.497 e. The standard InChI is InChI=1S/C15H23NO4/c1-15(2,3)20-14(18)16-9-8-13(17)11-6-5-7-12(10-11)19-4/h5-7,10,13,17H,8-9H2,1-4H3,(H,16,18)/t13-/m0/s1. The Bertz CT molecular complexity index is 440. The van der Waals surface area contributed by atoms with Crippen LogP contribution in [0.15, 0.2) is 24.3 Å². The molecule has 1 rings (SSSR count). The van der Waals surface area contributed by atoms with Crippen molar-refractivity contribution in [1.29, 1.82) is 0 Å². The summed E-state index contributed by atoms with van der Waals surface area (Å²) in [5.41, 5.74) is 0.241. The van der Waals surface area contributed by atoms with Crippen molar-refractivity contribution in [3.05, 3.63) is 29.8 Å². The number of rotatable bonds is 5. The molecular weight excluding hydrogens is 258 g/mol.